The van der Waals surface area contributed by atoms with Gasteiger partial charge >= 0.3 is 0 Å². The molecule has 82 valence electrons. The lowest BCUT2D eigenvalue weighted by atomic mass is 10.1. The van der Waals surface area contributed by atoms with Crippen LogP contribution in [0.5, 0.6) is 5.75 Å². The van der Waals surface area contributed by atoms with Crippen molar-refractivity contribution in [3.05, 3.63) is 54.1 Å². The molecule has 3 rings (SSSR count). The molecule has 2 aliphatic rings. The van der Waals surface area contributed by atoms with Crippen LogP contribution in [0.1, 0.15) is 12.0 Å². The number of aromatic hydroxyl groups is 1. The van der Waals surface area contributed by atoms with Crippen LogP contribution in [0.2, 0.25) is 0 Å². The zero-order chi connectivity index (χ0) is 11.0. The summed E-state index contributed by atoms with van der Waals surface area (Å²) in [6, 6.07) is 7.32. The van der Waals surface area contributed by atoms with Crippen molar-refractivity contribution in [2.75, 3.05) is 0 Å². The van der Waals surface area contributed by atoms with Gasteiger partial charge in [0.25, 0.3) is 0 Å². The predicted octanol–water partition coefficient (Wildman–Crippen LogP) is 2.79. The van der Waals surface area contributed by atoms with Crippen LogP contribution in [0.3, 0.4) is 0 Å². The molecule has 0 aromatic heterocycles. The van der Waals surface area contributed by atoms with Crippen molar-refractivity contribution in [3.63, 3.8) is 0 Å². The molecule has 0 spiro atoms. The summed E-state index contributed by atoms with van der Waals surface area (Å²) in [5.74, 6) is 0.842. The zero-order valence-electron chi connectivity index (χ0n) is 8.97. The van der Waals surface area contributed by atoms with Gasteiger partial charge in [-0.2, -0.15) is 0 Å². The molecule has 2 heteroatoms. The molecule has 1 N–H and O–H groups in total. The summed E-state index contributed by atoms with van der Waals surface area (Å²) in [5.41, 5.74) is 0.766. The van der Waals surface area contributed by atoms with Gasteiger partial charge in [0.05, 0.1) is 12.2 Å². The molecule has 2 nitrogen and oxygen atoms in total. The Morgan fingerprint density at radius 3 is 3.00 bits per heavy atom. The van der Waals surface area contributed by atoms with E-state index in [1.165, 1.54) is 0 Å². The average molecular weight is 214 g/mol. The third kappa shape index (κ3) is 1.55. The number of phenols is 1. The lowest BCUT2D eigenvalue weighted by Crippen LogP contribution is -2.14. The fourth-order valence-corrected chi connectivity index (χ4v) is 2.18. The van der Waals surface area contributed by atoms with E-state index in [4.69, 9.17) is 4.74 Å². The van der Waals surface area contributed by atoms with Crippen LogP contribution in [0, 0.1) is 5.92 Å². The van der Waals surface area contributed by atoms with E-state index in [9.17, 15) is 5.11 Å². The quantitative estimate of drug-likeness (QED) is 0.838. The van der Waals surface area contributed by atoms with E-state index in [2.05, 4.69) is 18.2 Å². The number of hydrogen-bond acceptors (Lipinski definition) is 2. The highest BCUT2D eigenvalue weighted by molar-refractivity contribution is 5.34. The molecule has 1 fully saturated rings. The fourth-order valence-electron chi connectivity index (χ4n) is 2.18. The number of ether oxygens (including phenoxy) is 1. The lowest BCUT2D eigenvalue weighted by Gasteiger charge is -2.15. The first kappa shape index (κ1) is 9.67. The minimum absolute atomic E-state index is 0.0863. The number of allylic oxidation sites excluding steroid dienone is 2. The van der Waals surface area contributed by atoms with E-state index in [0.717, 1.165) is 12.0 Å². The number of hydrogen-bond donors (Lipinski definition) is 1. The monoisotopic (exact) mass is 214 g/mol. The van der Waals surface area contributed by atoms with Crippen molar-refractivity contribution in [3.8, 4) is 5.75 Å². The largest absolute Gasteiger partial charge is 0.508 e. The van der Waals surface area contributed by atoms with Gasteiger partial charge in [-0.1, -0.05) is 42.5 Å². The first-order valence-corrected chi connectivity index (χ1v) is 5.57. The molecule has 2 aliphatic carbocycles. The third-order valence-electron chi connectivity index (χ3n) is 3.33. The van der Waals surface area contributed by atoms with Gasteiger partial charge in [-0.05, 0) is 12.5 Å². The Balaban J connectivity index is 1.68. The Kier molecular flexibility index (Phi) is 2.11. The molecule has 16 heavy (non-hydrogen) atoms. The maximum Gasteiger partial charge on any atom is 0.121 e. The molecule has 0 heterocycles. The number of rotatable bonds is 3. The first-order valence-electron chi connectivity index (χ1n) is 5.57. The van der Waals surface area contributed by atoms with Crippen LogP contribution < -0.4 is 0 Å². The highest BCUT2D eigenvalue weighted by Gasteiger charge is 2.52. The molecule has 1 aromatic carbocycles. The van der Waals surface area contributed by atoms with Gasteiger partial charge in [-0.15, -0.1) is 0 Å². The Labute approximate surface area is 94.9 Å². The molecule has 1 saturated carbocycles. The van der Waals surface area contributed by atoms with Gasteiger partial charge in [-0.25, -0.2) is 0 Å². The van der Waals surface area contributed by atoms with E-state index in [1.54, 1.807) is 6.07 Å². The van der Waals surface area contributed by atoms with Crippen molar-refractivity contribution in [1.29, 1.82) is 0 Å². The zero-order valence-corrected chi connectivity index (χ0v) is 8.97. The lowest BCUT2D eigenvalue weighted by molar-refractivity contribution is 0.0448. The SMILES string of the molecule is Oc1ccccc1COC12C=CC=CC1C2. The summed E-state index contributed by atoms with van der Waals surface area (Å²) >= 11 is 0. The van der Waals surface area contributed by atoms with Crippen LogP contribution in [-0.4, -0.2) is 10.7 Å². The maximum absolute atomic E-state index is 9.63. The highest BCUT2D eigenvalue weighted by Crippen LogP contribution is 2.51. The van der Waals surface area contributed by atoms with Crippen LogP contribution in [0.15, 0.2) is 48.6 Å². The maximum atomic E-state index is 9.63. The second-order valence-corrected chi connectivity index (χ2v) is 4.43. The molecule has 0 radical (unpaired) electrons. The summed E-state index contributed by atoms with van der Waals surface area (Å²) in [5, 5.41) is 9.63. The summed E-state index contributed by atoms with van der Waals surface area (Å²) in [4.78, 5) is 0. The smallest absolute Gasteiger partial charge is 0.121 e. The first-order chi connectivity index (χ1) is 7.80. The van der Waals surface area contributed by atoms with Crippen molar-refractivity contribution >= 4 is 0 Å². The Bertz CT molecular complexity index is 462. The summed E-state index contributed by atoms with van der Waals surface area (Å²) < 4.78 is 5.91. The van der Waals surface area contributed by atoms with Crippen molar-refractivity contribution in [2.45, 2.75) is 18.6 Å². The molecule has 0 aliphatic heterocycles. The predicted molar refractivity (Wildman–Crippen MR) is 62.0 cm³/mol. The number of fused-ring (bicyclic) bond motifs is 1. The van der Waals surface area contributed by atoms with Crippen LogP contribution >= 0.6 is 0 Å². The van der Waals surface area contributed by atoms with Crippen molar-refractivity contribution in [1.82, 2.24) is 0 Å². The minimum Gasteiger partial charge on any atom is -0.508 e. The van der Waals surface area contributed by atoms with E-state index < -0.39 is 0 Å². The molecular weight excluding hydrogens is 200 g/mol. The highest BCUT2D eigenvalue weighted by atomic mass is 16.5. The van der Waals surface area contributed by atoms with E-state index in [-0.39, 0.29) is 5.60 Å². The Morgan fingerprint density at radius 2 is 2.19 bits per heavy atom. The third-order valence-corrected chi connectivity index (χ3v) is 3.33. The molecule has 0 bridgehead atoms. The van der Waals surface area contributed by atoms with Gasteiger partial charge in [-0.3, -0.25) is 0 Å². The summed E-state index contributed by atoms with van der Waals surface area (Å²) in [6.45, 7) is 0.474. The fraction of sp³-hybridized carbons (Fsp3) is 0.286. The number of benzene rings is 1. The van der Waals surface area contributed by atoms with E-state index >= 15 is 0 Å². The van der Waals surface area contributed by atoms with Crippen LogP contribution in [-0.2, 0) is 11.3 Å². The van der Waals surface area contributed by atoms with Gasteiger partial charge < -0.3 is 9.84 Å². The Hall–Kier alpha value is -1.54. The minimum atomic E-state index is -0.0863. The van der Waals surface area contributed by atoms with Crippen LogP contribution in [0.4, 0.5) is 0 Å². The van der Waals surface area contributed by atoms with Gasteiger partial charge in [0.2, 0.25) is 0 Å². The van der Waals surface area contributed by atoms with Crippen molar-refractivity contribution < 1.29 is 9.84 Å². The molecule has 0 amide bonds. The second kappa shape index (κ2) is 3.49. The number of para-hydroxylation sites is 1. The normalized spacial score (nSPS) is 30.1. The van der Waals surface area contributed by atoms with Gasteiger partial charge in [0.1, 0.15) is 5.75 Å². The average Bonchev–Trinajstić information content (AvgIpc) is 3.03. The summed E-state index contributed by atoms with van der Waals surface area (Å²) in [6.07, 6.45) is 9.48. The van der Waals surface area contributed by atoms with Gasteiger partial charge in [0, 0.05) is 11.5 Å². The molecule has 1 aromatic rings. The number of phenolic OH excluding ortho intramolecular Hbond substituents is 1. The van der Waals surface area contributed by atoms with Gasteiger partial charge in [0.15, 0.2) is 0 Å². The van der Waals surface area contributed by atoms with E-state index in [0.29, 0.717) is 18.3 Å². The molecule has 2 unspecified atom stereocenters. The summed E-state index contributed by atoms with van der Waals surface area (Å²) in [7, 11) is 0. The molecule has 2 atom stereocenters. The van der Waals surface area contributed by atoms with Crippen LogP contribution in [0.25, 0.3) is 0 Å². The standard InChI is InChI=1S/C14H14O2/c15-13-7-2-1-5-11(13)10-16-14-8-4-3-6-12(14)9-14/h1-8,12,15H,9-10H2. The molecular formula is C14H14O2. The van der Waals surface area contributed by atoms with E-state index in [1.807, 2.05) is 24.3 Å². The second-order valence-electron chi connectivity index (χ2n) is 4.43. The Morgan fingerprint density at radius 1 is 1.31 bits per heavy atom. The van der Waals surface area contributed by atoms with Crippen molar-refractivity contribution in [2.24, 2.45) is 5.92 Å². The topological polar surface area (TPSA) is 29.5 Å². The molecule has 0 saturated heterocycles.